The number of amides is 1. The molecule has 2 rings (SSSR count). The molecule has 0 unspecified atom stereocenters. The molecule has 0 aliphatic heterocycles. The van der Waals surface area contributed by atoms with Gasteiger partial charge in [-0.1, -0.05) is 11.6 Å². The van der Waals surface area contributed by atoms with Gasteiger partial charge in [-0.15, -0.1) is 0 Å². The number of nitrogens with zero attached hydrogens (tertiary/aromatic N) is 1. The summed E-state index contributed by atoms with van der Waals surface area (Å²) < 4.78 is 18.7. The Labute approximate surface area is 120 Å². The van der Waals surface area contributed by atoms with Crippen molar-refractivity contribution in [2.45, 2.75) is 6.92 Å². The molecule has 2 aromatic rings. The van der Waals surface area contributed by atoms with Crippen molar-refractivity contribution >= 4 is 23.2 Å². The minimum Gasteiger partial charge on any atom is -0.491 e. The summed E-state index contributed by atoms with van der Waals surface area (Å²) >= 11 is 5.71. The topological polar surface area (TPSA) is 51.2 Å². The molecule has 104 valence electrons. The van der Waals surface area contributed by atoms with Crippen molar-refractivity contribution < 1.29 is 13.9 Å². The van der Waals surface area contributed by atoms with Gasteiger partial charge in [0.15, 0.2) is 11.6 Å². The van der Waals surface area contributed by atoms with Crippen molar-refractivity contribution in [3.05, 3.63) is 53.1 Å². The van der Waals surface area contributed by atoms with Gasteiger partial charge < -0.3 is 10.1 Å². The average Bonchev–Trinajstić information content (AvgIpc) is 2.42. The summed E-state index contributed by atoms with van der Waals surface area (Å²) in [5.74, 6) is -0.771. The second kappa shape index (κ2) is 6.34. The average molecular weight is 295 g/mol. The number of aromatic nitrogens is 1. The molecule has 1 amide bonds. The summed E-state index contributed by atoms with van der Waals surface area (Å²) in [6.07, 6.45) is 1.43. The Morgan fingerprint density at radius 2 is 2.20 bits per heavy atom. The number of hydrogen-bond acceptors (Lipinski definition) is 3. The largest absolute Gasteiger partial charge is 0.491 e. The van der Waals surface area contributed by atoms with Crippen molar-refractivity contribution in [1.82, 2.24) is 4.98 Å². The molecule has 4 nitrogen and oxygen atoms in total. The summed E-state index contributed by atoms with van der Waals surface area (Å²) in [5, 5.41) is 2.79. The first-order valence-electron chi connectivity index (χ1n) is 5.95. The molecule has 1 heterocycles. The zero-order valence-corrected chi connectivity index (χ0v) is 11.4. The second-order valence-corrected chi connectivity index (χ2v) is 4.29. The fraction of sp³-hybridized carbons (Fsp3) is 0.143. The van der Waals surface area contributed by atoms with Crippen LogP contribution in [0.1, 0.15) is 17.3 Å². The Bertz CT molecular complexity index is 634. The number of ether oxygens (including phenoxy) is 1. The SMILES string of the molecule is CCOc1ccc(NC(=O)c2ccnc(Cl)c2)cc1F. The van der Waals surface area contributed by atoms with Gasteiger partial charge in [0, 0.05) is 23.5 Å². The van der Waals surface area contributed by atoms with Crippen LogP contribution in [-0.4, -0.2) is 17.5 Å². The molecular formula is C14H12ClFN2O2. The maximum absolute atomic E-state index is 13.6. The van der Waals surface area contributed by atoms with Crippen molar-refractivity contribution in [3.63, 3.8) is 0 Å². The van der Waals surface area contributed by atoms with Gasteiger partial charge in [-0.2, -0.15) is 0 Å². The van der Waals surface area contributed by atoms with Gasteiger partial charge in [-0.05, 0) is 31.2 Å². The summed E-state index contributed by atoms with van der Waals surface area (Å²) in [4.78, 5) is 15.7. The van der Waals surface area contributed by atoms with Gasteiger partial charge in [0.25, 0.3) is 5.91 Å². The van der Waals surface area contributed by atoms with E-state index in [0.717, 1.165) is 0 Å². The number of rotatable bonds is 4. The number of hydrogen-bond donors (Lipinski definition) is 1. The molecule has 1 aromatic heterocycles. The minimum absolute atomic E-state index is 0.150. The van der Waals surface area contributed by atoms with Gasteiger partial charge in [-0.3, -0.25) is 4.79 Å². The van der Waals surface area contributed by atoms with Crippen LogP contribution in [0.25, 0.3) is 0 Å². The van der Waals surface area contributed by atoms with Crippen LogP contribution in [0.5, 0.6) is 5.75 Å². The lowest BCUT2D eigenvalue weighted by Gasteiger charge is -2.08. The molecule has 6 heteroatoms. The monoisotopic (exact) mass is 294 g/mol. The van der Waals surface area contributed by atoms with E-state index in [9.17, 15) is 9.18 Å². The third-order valence-corrected chi connectivity index (χ3v) is 2.69. The van der Waals surface area contributed by atoms with E-state index in [1.165, 1.54) is 30.5 Å². The second-order valence-electron chi connectivity index (χ2n) is 3.90. The maximum Gasteiger partial charge on any atom is 0.255 e. The highest BCUT2D eigenvalue weighted by Crippen LogP contribution is 2.21. The smallest absolute Gasteiger partial charge is 0.255 e. The maximum atomic E-state index is 13.6. The first kappa shape index (κ1) is 14.3. The molecule has 0 aliphatic carbocycles. The predicted octanol–water partition coefficient (Wildman–Crippen LogP) is 3.53. The normalized spacial score (nSPS) is 10.2. The van der Waals surface area contributed by atoms with E-state index in [1.54, 1.807) is 13.0 Å². The first-order chi connectivity index (χ1) is 9.60. The number of carbonyl (C=O) groups excluding carboxylic acids is 1. The minimum atomic E-state index is -0.530. The van der Waals surface area contributed by atoms with Crippen LogP contribution >= 0.6 is 11.6 Å². The Kier molecular flexibility index (Phi) is 4.53. The Morgan fingerprint density at radius 1 is 1.40 bits per heavy atom. The molecule has 20 heavy (non-hydrogen) atoms. The van der Waals surface area contributed by atoms with Crippen LogP contribution in [0, 0.1) is 5.82 Å². The van der Waals surface area contributed by atoms with E-state index in [0.29, 0.717) is 17.9 Å². The van der Waals surface area contributed by atoms with E-state index in [1.807, 2.05) is 0 Å². The lowest BCUT2D eigenvalue weighted by Crippen LogP contribution is -2.12. The third kappa shape index (κ3) is 3.45. The molecule has 1 aromatic carbocycles. The van der Waals surface area contributed by atoms with Gasteiger partial charge in [0.1, 0.15) is 5.15 Å². The Balaban J connectivity index is 2.14. The zero-order chi connectivity index (χ0) is 14.5. The Hall–Kier alpha value is -2.14. The number of benzene rings is 1. The van der Waals surface area contributed by atoms with E-state index in [4.69, 9.17) is 16.3 Å². The summed E-state index contributed by atoms with van der Waals surface area (Å²) in [6.45, 7) is 2.14. The molecular weight excluding hydrogens is 283 g/mol. The van der Waals surface area contributed by atoms with Crippen LogP contribution in [0.2, 0.25) is 5.15 Å². The van der Waals surface area contributed by atoms with E-state index in [2.05, 4.69) is 10.3 Å². The fourth-order valence-corrected chi connectivity index (χ4v) is 1.77. The van der Waals surface area contributed by atoms with Crippen molar-refractivity contribution in [2.75, 3.05) is 11.9 Å². The van der Waals surface area contributed by atoms with E-state index in [-0.39, 0.29) is 10.9 Å². The molecule has 0 aliphatic rings. The molecule has 0 saturated carbocycles. The van der Waals surface area contributed by atoms with Crippen LogP contribution in [0.4, 0.5) is 10.1 Å². The van der Waals surface area contributed by atoms with Crippen LogP contribution in [-0.2, 0) is 0 Å². The quantitative estimate of drug-likeness (QED) is 0.878. The highest BCUT2D eigenvalue weighted by Gasteiger charge is 2.09. The highest BCUT2D eigenvalue weighted by molar-refractivity contribution is 6.29. The number of pyridine rings is 1. The molecule has 1 N–H and O–H groups in total. The van der Waals surface area contributed by atoms with Crippen LogP contribution in [0.3, 0.4) is 0 Å². The van der Waals surface area contributed by atoms with Crippen molar-refractivity contribution in [3.8, 4) is 5.75 Å². The lowest BCUT2D eigenvalue weighted by atomic mass is 10.2. The molecule has 0 atom stereocenters. The molecule has 0 radical (unpaired) electrons. The number of halogens is 2. The fourth-order valence-electron chi connectivity index (χ4n) is 1.60. The van der Waals surface area contributed by atoms with Crippen LogP contribution in [0.15, 0.2) is 36.5 Å². The van der Waals surface area contributed by atoms with Crippen LogP contribution < -0.4 is 10.1 Å². The van der Waals surface area contributed by atoms with Gasteiger partial charge in [0.05, 0.1) is 6.61 Å². The zero-order valence-electron chi connectivity index (χ0n) is 10.7. The van der Waals surface area contributed by atoms with E-state index >= 15 is 0 Å². The summed E-state index contributed by atoms with van der Waals surface area (Å²) in [5.41, 5.74) is 0.684. The number of nitrogens with one attached hydrogen (secondary N) is 1. The summed E-state index contributed by atoms with van der Waals surface area (Å²) in [7, 11) is 0. The highest BCUT2D eigenvalue weighted by atomic mass is 35.5. The first-order valence-corrected chi connectivity index (χ1v) is 6.33. The van der Waals surface area contributed by atoms with Gasteiger partial charge >= 0.3 is 0 Å². The molecule has 0 fully saturated rings. The summed E-state index contributed by atoms with van der Waals surface area (Å²) in [6, 6.07) is 7.18. The Morgan fingerprint density at radius 3 is 2.85 bits per heavy atom. The third-order valence-electron chi connectivity index (χ3n) is 2.48. The number of anilines is 1. The predicted molar refractivity (Wildman–Crippen MR) is 74.8 cm³/mol. The standard InChI is InChI=1S/C14H12ClFN2O2/c1-2-20-12-4-3-10(8-11(12)16)18-14(19)9-5-6-17-13(15)7-9/h3-8H,2H2,1H3,(H,18,19). The van der Waals surface area contributed by atoms with Crippen molar-refractivity contribution in [1.29, 1.82) is 0 Å². The van der Waals surface area contributed by atoms with Gasteiger partial charge in [0.2, 0.25) is 0 Å². The molecule has 0 bridgehead atoms. The lowest BCUT2D eigenvalue weighted by molar-refractivity contribution is 0.102. The van der Waals surface area contributed by atoms with Crippen molar-refractivity contribution in [2.24, 2.45) is 0 Å². The molecule has 0 saturated heterocycles. The number of carbonyl (C=O) groups is 1. The molecule has 0 spiro atoms. The van der Waals surface area contributed by atoms with E-state index < -0.39 is 11.7 Å². The van der Waals surface area contributed by atoms with Gasteiger partial charge in [-0.25, -0.2) is 9.37 Å².